The summed E-state index contributed by atoms with van der Waals surface area (Å²) in [5.74, 6) is 0. The van der Waals surface area contributed by atoms with Crippen molar-refractivity contribution in [2.45, 2.75) is 27.3 Å². The van der Waals surface area contributed by atoms with Gasteiger partial charge < -0.3 is 4.90 Å². The lowest BCUT2D eigenvalue weighted by Crippen LogP contribution is -2.21. The largest absolute Gasteiger partial charge is 0.328 e. The number of hydrogen-bond acceptors (Lipinski definition) is 1. The number of nitrogens with zero attached hydrogens (tertiary/aromatic N) is 2. The Balaban J connectivity index is 0.000000396. The fraction of sp³-hybridized carbons (Fsp3) is 0.500. The number of aromatic nitrogens is 1. The maximum atomic E-state index is 11.4. The molecule has 0 fully saturated rings. The van der Waals surface area contributed by atoms with Crippen LogP contribution in [0.25, 0.3) is 0 Å². The molecule has 0 radical (unpaired) electrons. The van der Waals surface area contributed by atoms with Crippen LogP contribution in [0.1, 0.15) is 25.2 Å². The van der Waals surface area contributed by atoms with Crippen molar-refractivity contribution in [2.24, 2.45) is 0 Å². The van der Waals surface area contributed by atoms with Gasteiger partial charge in [-0.1, -0.05) is 13.8 Å². The molecule has 1 aromatic heterocycles. The molecule has 72 valence electrons. The molecule has 0 N–H and O–H groups in total. The Morgan fingerprint density at radius 3 is 2.46 bits per heavy atom. The molecule has 13 heavy (non-hydrogen) atoms. The first-order valence-corrected chi connectivity index (χ1v) is 4.63. The molecule has 3 heteroatoms. The summed E-state index contributed by atoms with van der Waals surface area (Å²) >= 11 is 0. The van der Waals surface area contributed by atoms with Gasteiger partial charge in [-0.3, -0.25) is 4.57 Å². The average molecular weight is 180 g/mol. The molecule has 2 rings (SSSR count). The van der Waals surface area contributed by atoms with E-state index in [-0.39, 0.29) is 6.03 Å². The monoisotopic (exact) mass is 180 g/mol. The number of hydrogen-bond donors (Lipinski definition) is 0. The summed E-state index contributed by atoms with van der Waals surface area (Å²) in [7, 11) is 1.81. The summed E-state index contributed by atoms with van der Waals surface area (Å²) in [5.41, 5.74) is 2.12. The van der Waals surface area contributed by atoms with Gasteiger partial charge in [0, 0.05) is 18.4 Å². The van der Waals surface area contributed by atoms with Crippen molar-refractivity contribution in [2.75, 3.05) is 7.05 Å². The highest BCUT2D eigenvalue weighted by molar-refractivity contribution is 5.81. The molecule has 3 nitrogen and oxygen atoms in total. The number of carbonyl (C=O) groups is 1. The maximum Gasteiger partial charge on any atom is 0.328 e. The summed E-state index contributed by atoms with van der Waals surface area (Å²) in [6, 6.07) is 4.05. The predicted molar refractivity (Wildman–Crippen MR) is 52.8 cm³/mol. The SMILES string of the molecule is CC.Cc1ccc2n1C(=O)N(C)C2. The van der Waals surface area contributed by atoms with Crippen molar-refractivity contribution in [3.63, 3.8) is 0 Å². The van der Waals surface area contributed by atoms with Crippen LogP contribution in [0.5, 0.6) is 0 Å². The van der Waals surface area contributed by atoms with Crippen LogP contribution < -0.4 is 0 Å². The Morgan fingerprint density at radius 2 is 1.92 bits per heavy atom. The normalized spacial score (nSPS) is 13.8. The van der Waals surface area contributed by atoms with E-state index < -0.39 is 0 Å². The third-order valence-corrected chi connectivity index (χ3v) is 2.07. The first-order chi connectivity index (χ1) is 6.20. The highest BCUT2D eigenvalue weighted by atomic mass is 16.2. The van der Waals surface area contributed by atoms with Crippen LogP contribution in [0.3, 0.4) is 0 Å². The lowest BCUT2D eigenvalue weighted by Gasteiger charge is -2.05. The van der Waals surface area contributed by atoms with Crippen LogP contribution in [-0.4, -0.2) is 22.5 Å². The number of rotatable bonds is 0. The number of carbonyl (C=O) groups excluding carboxylic acids is 1. The summed E-state index contributed by atoms with van der Waals surface area (Å²) in [6.45, 7) is 6.69. The molecule has 0 spiro atoms. The number of fused-ring (bicyclic) bond motifs is 1. The zero-order valence-corrected chi connectivity index (χ0v) is 8.66. The first-order valence-electron chi connectivity index (χ1n) is 4.63. The standard InChI is InChI=1S/C8H10N2O.C2H6/c1-6-3-4-7-5-9(2)8(11)10(6)7;1-2/h3-4H,5H2,1-2H3;1-2H3. The zero-order chi connectivity index (χ0) is 10.0. The Labute approximate surface area is 79.0 Å². The molecule has 0 atom stereocenters. The highest BCUT2D eigenvalue weighted by Crippen LogP contribution is 2.17. The molecule has 0 aliphatic carbocycles. The Kier molecular flexibility index (Phi) is 2.76. The van der Waals surface area contributed by atoms with E-state index in [1.165, 1.54) is 0 Å². The molecule has 1 aliphatic rings. The van der Waals surface area contributed by atoms with Gasteiger partial charge in [-0.15, -0.1) is 0 Å². The molecular weight excluding hydrogens is 164 g/mol. The van der Waals surface area contributed by atoms with Crippen LogP contribution in [0, 0.1) is 6.92 Å². The van der Waals surface area contributed by atoms with E-state index in [4.69, 9.17) is 0 Å². The molecule has 1 amide bonds. The molecule has 0 bridgehead atoms. The van der Waals surface area contributed by atoms with Crippen molar-refractivity contribution < 1.29 is 4.79 Å². The second-order valence-corrected chi connectivity index (χ2v) is 2.94. The van der Waals surface area contributed by atoms with Crippen LogP contribution in [-0.2, 0) is 6.54 Å². The molecule has 2 heterocycles. The van der Waals surface area contributed by atoms with Crippen molar-refractivity contribution >= 4 is 6.03 Å². The van der Waals surface area contributed by atoms with Gasteiger partial charge in [0.15, 0.2) is 0 Å². The van der Waals surface area contributed by atoms with E-state index in [9.17, 15) is 4.79 Å². The lowest BCUT2D eigenvalue weighted by atomic mass is 10.4. The lowest BCUT2D eigenvalue weighted by molar-refractivity contribution is 0.219. The van der Waals surface area contributed by atoms with E-state index in [0.29, 0.717) is 0 Å². The maximum absolute atomic E-state index is 11.4. The quantitative estimate of drug-likeness (QED) is 0.601. The summed E-state index contributed by atoms with van der Waals surface area (Å²) < 4.78 is 1.75. The number of amides is 1. The van der Waals surface area contributed by atoms with Gasteiger partial charge in [-0.25, -0.2) is 4.79 Å². The molecule has 0 saturated heterocycles. The third kappa shape index (κ3) is 1.46. The van der Waals surface area contributed by atoms with Gasteiger partial charge in [0.1, 0.15) is 0 Å². The first kappa shape index (κ1) is 9.84. The molecular formula is C10H16N2O. The van der Waals surface area contributed by atoms with E-state index in [2.05, 4.69) is 0 Å². The summed E-state index contributed by atoms with van der Waals surface area (Å²) in [6.07, 6.45) is 0. The van der Waals surface area contributed by atoms with E-state index in [1.807, 2.05) is 40.0 Å². The van der Waals surface area contributed by atoms with Crippen LogP contribution in [0.2, 0.25) is 0 Å². The molecule has 1 aliphatic heterocycles. The number of aryl methyl sites for hydroxylation is 1. The van der Waals surface area contributed by atoms with Gasteiger partial charge in [-0.2, -0.15) is 0 Å². The van der Waals surface area contributed by atoms with Crippen molar-refractivity contribution in [3.8, 4) is 0 Å². The third-order valence-electron chi connectivity index (χ3n) is 2.07. The molecule has 1 aromatic rings. The highest BCUT2D eigenvalue weighted by Gasteiger charge is 2.24. The van der Waals surface area contributed by atoms with Gasteiger partial charge >= 0.3 is 6.03 Å². The molecule has 0 aromatic carbocycles. The summed E-state index contributed by atoms with van der Waals surface area (Å²) in [5, 5.41) is 0. The van der Waals surface area contributed by atoms with Crippen LogP contribution in [0.15, 0.2) is 12.1 Å². The minimum absolute atomic E-state index is 0.0856. The average Bonchev–Trinajstić information content (AvgIpc) is 2.61. The fourth-order valence-corrected chi connectivity index (χ4v) is 1.47. The van der Waals surface area contributed by atoms with E-state index >= 15 is 0 Å². The van der Waals surface area contributed by atoms with Gasteiger partial charge in [0.2, 0.25) is 0 Å². The van der Waals surface area contributed by atoms with Crippen LogP contribution >= 0.6 is 0 Å². The van der Waals surface area contributed by atoms with Gasteiger partial charge in [0.25, 0.3) is 0 Å². The Hall–Kier alpha value is -1.25. The zero-order valence-electron chi connectivity index (χ0n) is 8.66. The fourth-order valence-electron chi connectivity index (χ4n) is 1.47. The minimum atomic E-state index is 0.0856. The van der Waals surface area contributed by atoms with Crippen molar-refractivity contribution in [1.29, 1.82) is 0 Å². The van der Waals surface area contributed by atoms with Gasteiger partial charge in [-0.05, 0) is 19.1 Å². The van der Waals surface area contributed by atoms with Crippen molar-refractivity contribution in [1.82, 2.24) is 9.47 Å². The Morgan fingerprint density at radius 1 is 1.31 bits per heavy atom. The van der Waals surface area contributed by atoms with Crippen molar-refractivity contribution in [3.05, 3.63) is 23.5 Å². The smallest absolute Gasteiger partial charge is 0.321 e. The second kappa shape index (κ2) is 3.64. The topological polar surface area (TPSA) is 25.2 Å². The predicted octanol–water partition coefficient (Wildman–Crippen LogP) is 2.24. The summed E-state index contributed by atoms with van der Waals surface area (Å²) in [4.78, 5) is 13.1. The minimum Gasteiger partial charge on any atom is -0.321 e. The van der Waals surface area contributed by atoms with Crippen LogP contribution in [0.4, 0.5) is 4.79 Å². The Bertz CT molecular complexity index is 315. The van der Waals surface area contributed by atoms with Gasteiger partial charge in [0.05, 0.1) is 6.54 Å². The van der Waals surface area contributed by atoms with E-state index in [0.717, 1.165) is 17.9 Å². The van der Waals surface area contributed by atoms with E-state index in [1.54, 1.807) is 9.47 Å². The molecule has 0 saturated carbocycles. The second-order valence-electron chi connectivity index (χ2n) is 2.94. The molecule has 0 unspecified atom stereocenters.